The van der Waals surface area contributed by atoms with Crippen LogP contribution in [0.25, 0.3) is 10.9 Å². The van der Waals surface area contributed by atoms with Crippen molar-refractivity contribution >= 4 is 22.4 Å². The number of aromatic nitrogens is 2. The van der Waals surface area contributed by atoms with Crippen molar-refractivity contribution in [2.75, 3.05) is 31.9 Å². The minimum atomic E-state index is -4.49. The third kappa shape index (κ3) is 4.96. The summed E-state index contributed by atoms with van der Waals surface area (Å²) in [6, 6.07) is 6.53. The third-order valence-electron chi connectivity index (χ3n) is 5.98. The number of benzene rings is 2. The minimum Gasteiger partial charge on any atom is -0.493 e. The molecule has 10 heteroatoms. The summed E-state index contributed by atoms with van der Waals surface area (Å²) in [5.41, 5.74) is 5.71. The van der Waals surface area contributed by atoms with Crippen LogP contribution in [0.15, 0.2) is 30.3 Å². The predicted molar refractivity (Wildman–Crippen MR) is 123 cm³/mol. The van der Waals surface area contributed by atoms with Crippen LogP contribution in [-0.4, -0.2) is 36.4 Å². The first-order valence-electron chi connectivity index (χ1n) is 10.8. The number of methoxy groups -OCH3 is 2. The molecule has 3 N–H and O–H groups in total. The zero-order chi connectivity index (χ0) is 24.7. The maximum Gasteiger partial charge on any atom is 0.416 e. The molecule has 4 rings (SSSR count). The highest BCUT2D eigenvalue weighted by Gasteiger charge is 2.44. The number of nitrogen functional groups attached to an aromatic ring is 1. The average Bonchev–Trinajstić information content (AvgIpc) is 3.56. The van der Waals surface area contributed by atoms with Crippen molar-refractivity contribution in [3.05, 3.63) is 47.3 Å². The fourth-order valence-electron chi connectivity index (χ4n) is 3.77. The smallest absolute Gasteiger partial charge is 0.416 e. The number of ether oxygens (including phenoxy) is 3. The van der Waals surface area contributed by atoms with Gasteiger partial charge in [-0.15, -0.1) is 0 Å². The Kier molecular flexibility index (Phi) is 6.20. The fourth-order valence-corrected chi connectivity index (χ4v) is 3.77. The van der Waals surface area contributed by atoms with Gasteiger partial charge in [-0.3, -0.25) is 0 Å². The molecular formula is C24H27F3N4O3. The van der Waals surface area contributed by atoms with Crippen LogP contribution in [0.1, 0.15) is 42.8 Å². The van der Waals surface area contributed by atoms with Gasteiger partial charge in [0.05, 0.1) is 24.2 Å². The van der Waals surface area contributed by atoms with Gasteiger partial charge in [0.15, 0.2) is 11.5 Å². The first-order valence-corrected chi connectivity index (χ1v) is 10.8. The van der Waals surface area contributed by atoms with E-state index >= 15 is 0 Å². The first-order chi connectivity index (χ1) is 16.0. The van der Waals surface area contributed by atoms with E-state index in [0.717, 1.165) is 25.0 Å². The zero-order valence-corrected chi connectivity index (χ0v) is 19.4. The standard InChI is InChI=1S/C24H27F3N4O3/c1-13(15-7-16(24(25,26)27)9-17(28)8-15)29-22-18-10-21(34-12-23(33-4)5-6-23)20(32-3)11-19(18)30-14(2)31-22/h7-11,13H,5-6,12,28H2,1-4H3,(H,29,30,31)/t13-/m1/s1. The zero-order valence-electron chi connectivity index (χ0n) is 19.4. The van der Waals surface area contributed by atoms with Gasteiger partial charge in [0.25, 0.3) is 0 Å². The van der Waals surface area contributed by atoms with Gasteiger partial charge >= 0.3 is 6.18 Å². The second kappa shape index (κ2) is 8.83. The van der Waals surface area contributed by atoms with E-state index in [4.69, 9.17) is 19.9 Å². The Balaban J connectivity index is 1.69. The van der Waals surface area contributed by atoms with E-state index in [1.807, 2.05) is 0 Å². The van der Waals surface area contributed by atoms with Gasteiger partial charge in [-0.1, -0.05) is 0 Å². The van der Waals surface area contributed by atoms with Crippen molar-refractivity contribution in [1.82, 2.24) is 9.97 Å². The van der Waals surface area contributed by atoms with E-state index in [1.165, 1.54) is 6.07 Å². The quantitative estimate of drug-likeness (QED) is 0.428. The van der Waals surface area contributed by atoms with Gasteiger partial charge in [0, 0.05) is 24.2 Å². The lowest BCUT2D eigenvalue weighted by molar-refractivity contribution is -0.137. The number of nitrogens with one attached hydrogen (secondary N) is 1. The summed E-state index contributed by atoms with van der Waals surface area (Å²) in [6.45, 7) is 3.86. The molecule has 182 valence electrons. The number of fused-ring (bicyclic) bond motifs is 1. The lowest BCUT2D eigenvalue weighted by Gasteiger charge is -2.20. The van der Waals surface area contributed by atoms with Crippen LogP contribution in [0.3, 0.4) is 0 Å². The fraction of sp³-hybridized carbons (Fsp3) is 0.417. The molecule has 0 radical (unpaired) electrons. The molecule has 0 unspecified atom stereocenters. The summed E-state index contributed by atoms with van der Waals surface area (Å²) >= 11 is 0. The highest BCUT2D eigenvalue weighted by molar-refractivity contribution is 5.92. The van der Waals surface area contributed by atoms with Gasteiger partial charge in [-0.2, -0.15) is 13.2 Å². The average molecular weight is 476 g/mol. The van der Waals surface area contributed by atoms with Crippen LogP contribution in [0.4, 0.5) is 24.7 Å². The number of alkyl halides is 3. The highest BCUT2D eigenvalue weighted by atomic mass is 19.4. The number of halogens is 3. The Morgan fingerprint density at radius 2 is 1.82 bits per heavy atom. The molecule has 1 fully saturated rings. The normalized spacial score (nSPS) is 15.7. The van der Waals surface area contributed by atoms with E-state index in [2.05, 4.69) is 15.3 Å². The van der Waals surface area contributed by atoms with Crippen molar-refractivity contribution in [2.45, 2.75) is 44.5 Å². The number of nitrogens with zero attached hydrogens (tertiary/aromatic N) is 2. The maximum absolute atomic E-state index is 13.3. The highest BCUT2D eigenvalue weighted by Crippen LogP contribution is 2.41. The van der Waals surface area contributed by atoms with Crippen molar-refractivity contribution in [2.24, 2.45) is 0 Å². The summed E-state index contributed by atoms with van der Waals surface area (Å²) in [4.78, 5) is 8.98. The molecule has 1 aliphatic carbocycles. The second-order valence-electron chi connectivity index (χ2n) is 8.57. The first kappa shape index (κ1) is 23.9. The number of rotatable bonds is 8. The molecule has 0 amide bonds. The lowest BCUT2D eigenvalue weighted by Crippen LogP contribution is -2.21. The van der Waals surface area contributed by atoms with Crippen LogP contribution in [0.2, 0.25) is 0 Å². The topological polar surface area (TPSA) is 91.5 Å². The Morgan fingerprint density at radius 3 is 2.44 bits per heavy atom. The minimum absolute atomic E-state index is 0.0368. The largest absolute Gasteiger partial charge is 0.493 e. The van der Waals surface area contributed by atoms with E-state index in [9.17, 15) is 13.2 Å². The Bertz CT molecular complexity index is 1210. The Labute approximate surface area is 195 Å². The molecule has 0 saturated heterocycles. The SMILES string of the molecule is COc1cc2nc(C)nc(N[C@H](C)c3cc(N)cc(C(F)(F)F)c3)c2cc1OCC1(OC)CC1. The van der Waals surface area contributed by atoms with E-state index < -0.39 is 17.8 Å². The van der Waals surface area contributed by atoms with Gasteiger partial charge in [0.1, 0.15) is 23.9 Å². The van der Waals surface area contributed by atoms with Gasteiger partial charge in [-0.25, -0.2) is 9.97 Å². The van der Waals surface area contributed by atoms with Crippen molar-refractivity contribution < 1.29 is 27.4 Å². The van der Waals surface area contributed by atoms with Crippen LogP contribution >= 0.6 is 0 Å². The molecule has 34 heavy (non-hydrogen) atoms. The summed E-state index contributed by atoms with van der Waals surface area (Å²) in [6.07, 6.45) is -2.65. The molecule has 0 spiro atoms. The van der Waals surface area contributed by atoms with Crippen LogP contribution in [-0.2, 0) is 10.9 Å². The van der Waals surface area contributed by atoms with Crippen LogP contribution < -0.4 is 20.5 Å². The number of hydrogen-bond donors (Lipinski definition) is 2. The van der Waals surface area contributed by atoms with Gasteiger partial charge in [0.2, 0.25) is 0 Å². The molecule has 1 aliphatic rings. The van der Waals surface area contributed by atoms with Crippen molar-refractivity contribution in [3.8, 4) is 11.5 Å². The van der Waals surface area contributed by atoms with Gasteiger partial charge < -0.3 is 25.3 Å². The molecule has 1 saturated carbocycles. The molecule has 3 aromatic rings. The van der Waals surface area contributed by atoms with E-state index in [-0.39, 0.29) is 11.3 Å². The molecule has 1 atom stereocenters. The maximum atomic E-state index is 13.3. The van der Waals surface area contributed by atoms with Crippen LogP contribution in [0, 0.1) is 6.92 Å². The summed E-state index contributed by atoms with van der Waals surface area (Å²) in [5.74, 6) is 1.98. The Morgan fingerprint density at radius 1 is 1.09 bits per heavy atom. The summed E-state index contributed by atoms with van der Waals surface area (Å²) in [5, 5.41) is 3.86. The second-order valence-corrected chi connectivity index (χ2v) is 8.57. The lowest BCUT2D eigenvalue weighted by atomic mass is 10.0. The molecule has 0 bridgehead atoms. The molecule has 1 heterocycles. The van der Waals surface area contributed by atoms with Crippen molar-refractivity contribution in [3.63, 3.8) is 0 Å². The number of nitrogens with two attached hydrogens (primary N) is 1. The summed E-state index contributed by atoms with van der Waals surface area (Å²) in [7, 11) is 3.21. The number of hydrogen-bond acceptors (Lipinski definition) is 7. The van der Waals surface area contributed by atoms with Crippen LogP contribution in [0.5, 0.6) is 11.5 Å². The van der Waals surface area contributed by atoms with E-state index in [1.54, 1.807) is 40.2 Å². The Hall–Kier alpha value is -3.27. The number of anilines is 2. The molecule has 7 nitrogen and oxygen atoms in total. The van der Waals surface area contributed by atoms with E-state index in [0.29, 0.717) is 46.2 Å². The number of aryl methyl sites for hydroxylation is 1. The predicted octanol–water partition coefficient (Wildman–Crippen LogP) is 5.28. The molecule has 0 aliphatic heterocycles. The third-order valence-corrected chi connectivity index (χ3v) is 5.98. The molecule has 2 aromatic carbocycles. The summed E-state index contributed by atoms with van der Waals surface area (Å²) < 4.78 is 56.9. The van der Waals surface area contributed by atoms with Gasteiger partial charge in [-0.05, 0) is 56.5 Å². The molecule has 1 aromatic heterocycles. The van der Waals surface area contributed by atoms with Crippen molar-refractivity contribution in [1.29, 1.82) is 0 Å². The monoisotopic (exact) mass is 476 g/mol. The molecular weight excluding hydrogens is 449 g/mol.